The highest BCUT2D eigenvalue weighted by atomic mass is 16.6. The maximum absolute atomic E-state index is 12.3. The van der Waals surface area contributed by atoms with Crippen LogP contribution in [0.25, 0.3) is 0 Å². The Balaban J connectivity index is 2.33. The van der Waals surface area contributed by atoms with Crippen molar-refractivity contribution in [1.82, 2.24) is 0 Å². The van der Waals surface area contributed by atoms with Gasteiger partial charge >= 0.3 is 11.9 Å². The van der Waals surface area contributed by atoms with Gasteiger partial charge in [-0.25, -0.2) is 0 Å². The van der Waals surface area contributed by atoms with Gasteiger partial charge in [-0.1, -0.05) is 18.2 Å². The Morgan fingerprint density at radius 1 is 1.14 bits per heavy atom. The number of ether oxygens (including phenoxy) is 3. The summed E-state index contributed by atoms with van der Waals surface area (Å²) in [6.45, 7) is 3.91. The van der Waals surface area contributed by atoms with Crippen LogP contribution < -0.4 is 4.74 Å². The van der Waals surface area contributed by atoms with E-state index in [9.17, 15) is 9.59 Å². The van der Waals surface area contributed by atoms with E-state index < -0.39 is 17.4 Å². The summed E-state index contributed by atoms with van der Waals surface area (Å²) in [7, 11) is 1.57. The van der Waals surface area contributed by atoms with Crippen LogP contribution in [0.3, 0.4) is 0 Å². The van der Waals surface area contributed by atoms with Crippen LogP contribution in [-0.2, 0) is 19.1 Å². The van der Waals surface area contributed by atoms with Gasteiger partial charge in [-0.15, -0.1) is 0 Å². The molecule has 0 aliphatic heterocycles. The van der Waals surface area contributed by atoms with E-state index in [4.69, 9.17) is 14.2 Å². The quantitative estimate of drug-likeness (QED) is 0.594. The molecule has 1 aliphatic rings. The highest BCUT2D eigenvalue weighted by Crippen LogP contribution is 2.62. The molecule has 1 unspecified atom stereocenters. The first-order valence-corrected chi connectivity index (χ1v) is 7.09. The molecular formula is C16H20O5. The standard InChI is InChI=1S/C16H20O5/c1-4-20-14(17)16(15(18)21-5-2)10-12(16)11-8-6-7-9-13(11)19-3/h6-9,12H,4-5,10H2,1-3H3. The summed E-state index contributed by atoms with van der Waals surface area (Å²) in [5.41, 5.74) is -0.387. The molecule has 0 saturated heterocycles. The van der Waals surface area contributed by atoms with Crippen molar-refractivity contribution >= 4 is 11.9 Å². The zero-order valence-corrected chi connectivity index (χ0v) is 12.5. The average Bonchev–Trinajstić information content (AvgIpc) is 3.24. The summed E-state index contributed by atoms with van der Waals surface area (Å²) in [5.74, 6) is -0.622. The van der Waals surface area contributed by atoms with Crippen LogP contribution in [0.4, 0.5) is 0 Å². The lowest BCUT2D eigenvalue weighted by Gasteiger charge is -2.16. The van der Waals surface area contributed by atoms with Crippen LogP contribution in [-0.4, -0.2) is 32.3 Å². The first-order chi connectivity index (χ1) is 10.1. The molecule has 0 radical (unpaired) electrons. The average molecular weight is 292 g/mol. The third kappa shape index (κ3) is 2.60. The van der Waals surface area contributed by atoms with E-state index in [0.29, 0.717) is 12.2 Å². The third-order valence-corrected chi connectivity index (χ3v) is 3.75. The van der Waals surface area contributed by atoms with Crippen LogP contribution in [0.2, 0.25) is 0 Å². The molecule has 0 spiro atoms. The second kappa shape index (κ2) is 6.16. The second-order valence-electron chi connectivity index (χ2n) is 4.91. The smallest absolute Gasteiger partial charge is 0.324 e. The predicted octanol–water partition coefficient (Wildman–Crippen LogP) is 2.30. The number of carbonyl (C=O) groups excluding carboxylic acids is 2. The maximum Gasteiger partial charge on any atom is 0.324 e. The fourth-order valence-electron chi connectivity index (χ4n) is 2.65. The van der Waals surface area contributed by atoms with Gasteiger partial charge in [-0.3, -0.25) is 9.59 Å². The Bertz CT molecular complexity index is 519. The Labute approximate surface area is 124 Å². The first-order valence-electron chi connectivity index (χ1n) is 7.09. The summed E-state index contributed by atoms with van der Waals surface area (Å²) >= 11 is 0. The molecule has 5 heteroatoms. The van der Waals surface area contributed by atoms with Gasteiger partial charge in [0, 0.05) is 5.92 Å². The zero-order valence-electron chi connectivity index (χ0n) is 12.5. The molecule has 0 N–H and O–H groups in total. The summed E-state index contributed by atoms with van der Waals surface area (Å²) in [6.07, 6.45) is 0.394. The van der Waals surface area contributed by atoms with E-state index >= 15 is 0 Å². The summed E-state index contributed by atoms with van der Waals surface area (Å²) < 4.78 is 15.5. The van der Waals surface area contributed by atoms with E-state index in [-0.39, 0.29) is 19.1 Å². The van der Waals surface area contributed by atoms with Gasteiger partial charge in [-0.05, 0) is 31.9 Å². The first kappa shape index (κ1) is 15.4. The molecule has 2 rings (SSSR count). The third-order valence-electron chi connectivity index (χ3n) is 3.75. The van der Waals surface area contributed by atoms with E-state index in [2.05, 4.69) is 0 Å². The van der Waals surface area contributed by atoms with Crippen LogP contribution in [0, 0.1) is 5.41 Å². The van der Waals surface area contributed by atoms with Crippen molar-refractivity contribution in [2.24, 2.45) is 5.41 Å². The summed E-state index contributed by atoms with van der Waals surface area (Å²) in [6, 6.07) is 7.39. The number of hydrogen-bond acceptors (Lipinski definition) is 5. The van der Waals surface area contributed by atoms with E-state index in [1.807, 2.05) is 24.3 Å². The van der Waals surface area contributed by atoms with Gasteiger partial charge in [0.25, 0.3) is 0 Å². The molecule has 0 aromatic heterocycles. The van der Waals surface area contributed by atoms with Crippen molar-refractivity contribution in [3.8, 4) is 5.75 Å². The molecule has 1 aromatic rings. The molecule has 5 nitrogen and oxygen atoms in total. The minimum Gasteiger partial charge on any atom is -0.496 e. The number of benzene rings is 1. The lowest BCUT2D eigenvalue weighted by molar-refractivity contribution is -0.164. The van der Waals surface area contributed by atoms with E-state index in [1.54, 1.807) is 21.0 Å². The minimum absolute atomic E-state index is 0.235. The van der Waals surface area contributed by atoms with Crippen LogP contribution >= 0.6 is 0 Å². The number of esters is 2. The lowest BCUT2D eigenvalue weighted by Crippen LogP contribution is -2.31. The molecule has 1 saturated carbocycles. The van der Waals surface area contributed by atoms with E-state index in [0.717, 1.165) is 5.56 Å². The lowest BCUT2D eigenvalue weighted by atomic mass is 9.98. The Morgan fingerprint density at radius 2 is 1.71 bits per heavy atom. The highest BCUT2D eigenvalue weighted by molar-refractivity contribution is 6.05. The largest absolute Gasteiger partial charge is 0.496 e. The molecule has 1 atom stereocenters. The molecular weight excluding hydrogens is 272 g/mol. The van der Waals surface area contributed by atoms with Crippen LogP contribution in [0.5, 0.6) is 5.75 Å². The fraction of sp³-hybridized carbons (Fsp3) is 0.500. The Kier molecular flexibility index (Phi) is 4.50. The van der Waals surface area contributed by atoms with Crippen molar-refractivity contribution in [3.63, 3.8) is 0 Å². The molecule has 21 heavy (non-hydrogen) atoms. The normalized spacial score (nSPS) is 18.7. The molecule has 0 amide bonds. The van der Waals surface area contributed by atoms with Crippen molar-refractivity contribution in [2.75, 3.05) is 20.3 Å². The maximum atomic E-state index is 12.3. The van der Waals surface area contributed by atoms with Crippen LogP contribution in [0.15, 0.2) is 24.3 Å². The van der Waals surface area contributed by atoms with E-state index in [1.165, 1.54) is 0 Å². The molecule has 0 bridgehead atoms. The predicted molar refractivity (Wildman–Crippen MR) is 76.1 cm³/mol. The minimum atomic E-state index is -1.22. The zero-order chi connectivity index (χ0) is 15.5. The number of hydrogen-bond donors (Lipinski definition) is 0. The highest BCUT2D eigenvalue weighted by Gasteiger charge is 2.69. The summed E-state index contributed by atoms with van der Waals surface area (Å²) in [4.78, 5) is 24.5. The van der Waals surface area contributed by atoms with Gasteiger partial charge < -0.3 is 14.2 Å². The van der Waals surface area contributed by atoms with Gasteiger partial charge in [0.1, 0.15) is 5.75 Å². The van der Waals surface area contributed by atoms with Gasteiger partial charge in [0.15, 0.2) is 5.41 Å². The fourth-order valence-corrected chi connectivity index (χ4v) is 2.65. The molecule has 114 valence electrons. The van der Waals surface area contributed by atoms with Crippen molar-refractivity contribution in [2.45, 2.75) is 26.2 Å². The number of para-hydroxylation sites is 1. The molecule has 1 fully saturated rings. The number of methoxy groups -OCH3 is 1. The topological polar surface area (TPSA) is 61.8 Å². The Morgan fingerprint density at radius 3 is 2.24 bits per heavy atom. The second-order valence-corrected chi connectivity index (χ2v) is 4.91. The SMILES string of the molecule is CCOC(=O)C1(C(=O)OCC)CC1c1ccccc1OC. The number of rotatable bonds is 6. The van der Waals surface area contributed by atoms with Crippen molar-refractivity contribution in [3.05, 3.63) is 29.8 Å². The molecule has 1 aliphatic carbocycles. The van der Waals surface area contributed by atoms with Crippen molar-refractivity contribution < 1.29 is 23.8 Å². The van der Waals surface area contributed by atoms with Gasteiger partial charge in [0.2, 0.25) is 0 Å². The molecule has 0 heterocycles. The van der Waals surface area contributed by atoms with Gasteiger partial charge in [-0.2, -0.15) is 0 Å². The van der Waals surface area contributed by atoms with Crippen molar-refractivity contribution in [1.29, 1.82) is 0 Å². The monoisotopic (exact) mass is 292 g/mol. The number of carbonyl (C=O) groups is 2. The van der Waals surface area contributed by atoms with Gasteiger partial charge in [0.05, 0.1) is 20.3 Å². The molecule has 1 aromatic carbocycles. The van der Waals surface area contributed by atoms with Crippen LogP contribution in [0.1, 0.15) is 31.7 Å². The Hall–Kier alpha value is -2.04. The summed E-state index contributed by atoms with van der Waals surface area (Å²) in [5, 5.41) is 0.